The highest BCUT2D eigenvalue weighted by Gasteiger charge is 2.24. The lowest BCUT2D eigenvalue weighted by molar-refractivity contribution is 1.14. The second kappa shape index (κ2) is 9.18. The maximum absolute atomic E-state index is 2.49. The van der Waals surface area contributed by atoms with E-state index in [9.17, 15) is 0 Å². The van der Waals surface area contributed by atoms with Crippen LogP contribution in [0.15, 0.2) is 121 Å². The van der Waals surface area contributed by atoms with Gasteiger partial charge in [-0.3, -0.25) is 0 Å². The van der Waals surface area contributed by atoms with Crippen molar-refractivity contribution in [3.8, 4) is 16.8 Å². The lowest BCUT2D eigenvalue weighted by Gasteiger charge is -2.23. The molecule has 7 rings (SSSR count). The third-order valence-electron chi connectivity index (χ3n) is 7.80. The van der Waals surface area contributed by atoms with Crippen molar-refractivity contribution in [1.82, 2.24) is 4.57 Å². The minimum absolute atomic E-state index is 1.17. The fraction of sp³-hybridized carbons (Fsp3) is 0.0811. The Morgan fingerprint density at radius 2 is 1.26 bits per heavy atom. The van der Waals surface area contributed by atoms with Gasteiger partial charge in [-0.1, -0.05) is 115 Å². The molecule has 0 saturated heterocycles. The highest BCUT2D eigenvalue weighted by atomic mass is 15.1. The van der Waals surface area contributed by atoms with Crippen LogP contribution in [0.4, 0.5) is 5.69 Å². The fourth-order valence-corrected chi connectivity index (χ4v) is 6.24. The molecule has 2 heteroatoms. The van der Waals surface area contributed by atoms with Crippen molar-refractivity contribution in [1.29, 1.82) is 0 Å². The van der Waals surface area contributed by atoms with E-state index in [1.165, 1.54) is 71.4 Å². The molecule has 0 bridgehead atoms. The maximum Gasteiger partial charge on any atom is 0.0627 e. The molecule has 188 valence electrons. The van der Waals surface area contributed by atoms with Crippen LogP contribution in [0.3, 0.4) is 0 Å². The molecule has 0 radical (unpaired) electrons. The van der Waals surface area contributed by atoms with E-state index in [-0.39, 0.29) is 0 Å². The summed E-state index contributed by atoms with van der Waals surface area (Å²) >= 11 is 0. The van der Waals surface area contributed by atoms with Gasteiger partial charge < -0.3 is 9.47 Å². The maximum atomic E-state index is 2.49. The van der Waals surface area contributed by atoms with Crippen LogP contribution in [0, 0.1) is 0 Å². The Hall–Kier alpha value is -4.82. The number of nitrogens with zero attached hydrogens (tertiary/aromatic N) is 2. The molecule has 0 fully saturated rings. The molecule has 2 nitrogen and oxygen atoms in total. The Balaban J connectivity index is 1.79. The van der Waals surface area contributed by atoms with E-state index in [2.05, 4.69) is 158 Å². The Kier molecular flexibility index (Phi) is 5.49. The molecule has 0 aliphatic heterocycles. The quantitative estimate of drug-likeness (QED) is 0.232. The monoisotopic (exact) mass is 502 g/mol. The number of para-hydroxylation sites is 1. The lowest BCUT2D eigenvalue weighted by Crippen LogP contribution is -2.11. The highest BCUT2D eigenvalue weighted by molar-refractivity contribution is 6.31. The van der Waals surface area contributed by atoms with Crippen molar-refractivity contribution in [3.05, 3.63) is 127 Å². The van der Waals surface area contributed by atoms with Crippen LogP contribution < -0.4 is 4.90 Å². The van der Waals surface area contributed by atoms with Crippen molar-refractivity contribution >= 4 is 55.1 Å². The third kappa shape index (κ3) is 3.56. The van der Waals surface area contributed by atoms with Gasteiger partial charge in [0.1, 0.15) is 0 Å². The van der Waals surface area contributed by atoms with Gasteiger partial charge in [0.2, 0.25) is 0 Å². The summed E-state index contributed by atoms with van der Waals surface area (Å²) in [5.41, 5.74) is 8.63. The summed E-state index contributed by atoms with van der Waals surface area (Å²) in [4.78, 5) is 2.28. The number of fused-ring (bicyclic) bond motifs is 7. The minimum Gasteiger partial charge on any atom is -0.377 e. The van der Waals surface area contributed by atoms with Gasteiger partial charge in [0.25, 0.3) is 0 Å². The van der Waals surface area contributed by atoms with E-state index in [0.29, 0.717) is 0 Å². The number of hydrogen-bond donors (Lipinski definition) is 0. The summed E-state index contributed by atoms with van der Waals surface area (Å²) in [5, 5.41) is 7.59. The van der Waals surface area contributed by atoms with Gasteiger partial charge in [-0.2, -0.15) is 0 Å². The Bertz CT molecular complexity index is 2020. The van der Waals surface area contributed by atoms with E-state index in [0.717, 1.165) is 0 Å². The van der Waals surface area contributed by atoms with Crippen LogP contribution in [0.5, 0.6) is 0 Å². The molecular weight excluding hydrogens is 472 g/mol. The highest BCUT2D eigenvalue weighted by Crippen LogP contribution is 2.49. The predicted octanol–water partition coefficient (Wildman–Crippen LogP) is 9.86. The number of hydrogen-bond acceptors (Lipinski definition) is 1. The molecule has 6 aromatic carbocycles. The first kappa shape index (κ1) is 23.3. The molecule has 1 heterocycles. The van der Waals surface area contributed by atoms with Crippen molar-refractivity contribution < 1.29 is 0 Å². The Labute approximate surface area is 229 Å². The normalized spacial score (nSPS) is 11.9. The van der Waals surface area contributed by atoms with Crippen LogP contribution in [-0.2, 0) is 0 Å². The van der Waals surface area contributed by atoms with Gasteiger partial charge in [-0.05, 0) is 35.6 Å². The van der Waals surface area contributed by atoms with Gasteiger partial charge in [0.05, 0.1) is 16.7 Å². The van der Waals surface area contributed by atoms with Gasteiger partial charge in [0.15, 0.2) is 0 Å². The summed E-state index contributed by atoms with van der Waals surface area (Å²) in [6.45, 7) is 2.06. The van der Waals surface area contributed by atoms with Crippen molar-refractivity contribution in [2.45, 2.75) is 6.92 Å². The number of rotatable bonds is 4. The van der Waals surface area contributed by atoms with Gasteiger partial charge in [-0.25, -0.2) is 0 Å². The molecule has 0 aliphatic carbocycles. The molecule has 0 atom stereocenters. The van der Waals surface area contributed by atoms with E-state index in [4.69, 9.17) is 0 Å². The smallest absolute Gasteiger partial charge is 0.0627 e. The molecule has 39 heavy (non-hydrogen) atoms. The molecule has 0 aliphatic rings. The first-order valence-electron chi connectivity index (χ1n) is 13.5. The number of anilines is 1. The van der Waals surface area contributed by atoms with Crippen LogP contribution in [-0.4, -0.2) is 18.7 Å². The van der Waals surface area contributed by atoms with Crippen molar-refractivity contribution in [3.63, 3.8) is 0 Å². The molecule has 7 aromatic rings. The molecule has 1 aromatic heterocycles. The lowest BCUT2D eigenvalue weighted by atomic mass is 9.91. The van der Waals surface area contributed by atoms with Gasteiger partial charge in [-0.15, -0.1) is 0 Å². The van der Waals surface area contributed by atoms with Crippen LogP contribution in [0.25, 0.3) is 66.2 Å². The molecule has 0 saturated carbocycles. The first-order valence-corrected chi connectivity index (χ1v) is 13.5. The van der Waals surface area contributed by atoms with Gasteiger partial charge in [0, 0.05) is 52.3 Å². The summed E-state index contributed by atoms with van der Waals surface area (Å²) in [7, 11) is 4.33. The number of allylic oxidation sites excluding steroid dienone is 1. The molecule has 0 unspecified atom stereocenters. The Morgan fingerprint density at radius 3 is 1.97 bits per heavy atom. The van der Waals surface area contributed by atoms with E-state index >= 15 is 0 Å². The zero-order chi connectivity index (χ0) is 26.5. The topological polar surface area (TPSA) is 8.17 Å². The third-order valence-corrected chi connectivity index (χ3v) is 7.80. The number of aromatic nitrogens is 1. The van der Waals surface area contributed by atoms with Crippen LogP contribution >= 0.6 is 0 Å². The summed E-state index contributed by atoms with van der Waals surface area (Å²) in [6.07, 6.45) is 4.24. The fourth-order valence-electron chi connectivity index (χ4n) is 6.24. The second-order valence-electron chi connectivity index (χ2n) is 10.4. The molecule has 0 spiro atoms. The molecule has 0 N–H and O–H groups in total. The van der Waals surface area contributed by atoms with Crippen LogP contribution in [0.2, 0.25) is 0 Å². The first-order chi connectivity index (χ1) is 19.2. The SMILES string of the molecule is C/C=C/c1ccc(-c2c(N(C)C)c3ccccc3c3c2c2ccc4ccccc4c2n3-c2ccccc2)cc1. The molecule has 0 amide bonds. The predicted molar refractivity (Wildman–Crippen MR) is 170 cm³/mol. The largest absolute Gasteiger partial charge is 0.377 e. The summed E-state index contributed by atoms with van der Waals surface area (Å²) in [6, 6.07) is 42.0. The second-order valence-corrected chi connectivity index (χ2v) is 10.4. The van der Waals surface area contributed by atoms with E-state index in [1.807, 2.05) is 0 Å². The zero-order valence-corrected chi connectivity index (χ0v) is 22.5. The van der Waals surface area contributed by atoms with Crippen molar-refractivity contribution in [2.75, 3.05) is 19.0 Å². The Morgan fingerprint density at radius 1 is 0.590 bits per heavy atom. The van der Waals surface area contributed by atoms with Crippen molar-refractivity contribution in [2.24, 2.45) is 0 Å². The van der Waals surface area contributed by atoms with E-state index < -0.39 is 0 Å². The minimum atomic E-state index is 1.17. The summed E-state index contributed by atoms with van der Waals surface area (Å²) in [5.74, 6) is 0. The average molecular weight is 503 g/mol. The zero-order valence-electron chi connectivity index (χ0n) is 22.5. The standard InChI is InChI=1S/C37H30N2/c1-4-12-25-19-21-27(22-20-25)33-34-32-24-23-26-13-8-9-16-29(26)35(32)39(28-14-6-5-7-15-28)37(34)31-18-11-10-17-30(31)36(33)38(2)3/h4-24H,1-3H3/b12-4+. The summed E-state index contributed by atoms with van der Waals surface area (Å²) < 4.78 is 2.49. The number of benzene rings is 6. The average Bonchev–Trinajstić information content (AvgIpc) is 3.33. The van der Waals surface area contributed by atoms with E-state index in [1.54, 1.807) is 0 Å². The molecular formula is C37H30N2. The van der Waals surface area contributed by atoms with Gasteiger partial charge >= 0.3 is 0 Å². The van der Waals surface area contributed by atoms with Crippen LogP contribution in [0.1, 0.15) is 12.5 Å².